The van der Waals surface area contributed by atoms with Crippen LogP contribution < -0.4 is 10.6 Å². The third-order valence-corrected chi connectivity index (χ3v) is 5.94. The Morgan fingerprint density at radius 1 is 1.33 bits per heavy atom. The lowest BCUT2D eigenvalue weighted by Gasteiger charge is -2.29. The Labute approximate surface area is 146 Å². The van der Waals surface area contributed by atoms with Crippen molar-refractivity contribution in [3.05, 3.63) is 40.9 Å². The first-order chi connectivity index (χ1) is 11.7. The van der Waals surface area contributed by atoms with Gasteiger partial charge in [-0.3, -0.25) is 4.79 Å². The molecule has 0 radical (unpaired) electrons. The van der Waals surface area contributed by atoms with E-state index in [4.69, 9.17) is 0 Å². The zero-order chi connectivity index (χ0) is 16.5. The fourth-order valence-corrected chi connectivity index (χ4v) is 4.73. The summed E-state index contributed by atoms with van der Waals surface area (Å²) in [5.41, 5.74) is 3.22. The highest BCUT2D eigenvalue weighted by Crippen LogP contribution is 2.27. The molecule has 126 valence electrons. The molecule has 2 atom stereocenters. The van der Waals surface area contributed by atoms with E-state index in [1.54, 1.807) is 11.3 Å². The van der Waals surface area contributed by atoms with Crippen molar-refractivity contribution in [3.63, 3.8) is 0 Å². The zero-order valence-corrected chi connectivity index (χ0v) is 14.7. The molecule has 4 nitrogen and oxygen atoms in total. The summed E-state index contributed by atoms with van der Waals surface area (Å²) in [4.78, 5) is 17.0. The van der Waals surface area contributed by atoms with Gasteiger partial charge in [0.25, 0.3) is 0 Å². The Morgan fingerprint density at radius 3 is 2.88 bits per heavy atom. The molecule has 0 saturated carbocycles. The molecule has 4 rings (SSSR count). The number of rotatable bonds is 4. The van der Waals surface area contributed by atoms with Crippen molar-refractivity contribution in [2.45, 2.75) is 57.2 Å². The SMILES string of the molecule is Cc1cccc(-c2nc(CC(=O)NC3CC4CCC(C3)N4)cs2)c1. The van der Waals surface area contributed by atoms with Crippen LogP contribution in [0.3, 0.4) is 0 Å². The number of aryl methyl sites for hydroxylation is 1. The van der Waals surface area contributed by atoms with Crippen LogP contribution in [0, 0.1) is 6.92 Å². The Hall–Kier alpha value is -1.72. The van der Waals surface area contributed by atoms with E-state index in [9.17, 15) is 4.79 Å². The second kappa shape index (κ2) is 6.65. The Bertz CT molecular complexity index is 730. The summed E-state index contributed by atoms with van der Waals surface area (Å²) < 4.78 is 0. The minimum absolute atomic E-state index is 0.0994. The molecule has 1 aromatic heterocycles. The number of nitrogens with zero attached hydrogens (tertiary/aromatic N) is 1. The summed E-state index contributed by atoms with van der Waals surface area (Å²) in [5.74, 6) is 0.0994. The summed E-state index contributed by atoms with van der Waals surface area (Å²) in [6.45, 7) is 2.08. The molecule has 2 N–H and O–H groups in total. The topological polar surface area (TPSA) is 54.0 Å². The smallest absolute Gasteiger partial charge is 0.226 e. The molecular formula is C19H23N3OS. The molecule has 5 heteroatoms. The van der Waals surface area contributed by atoms with Crippen LogP contribution in [0.2, 0.25) is 0 Å². The summed E-state index contributed by atoms with van der Waals surface area (Å²) in [5, 5.41) is 9.81. The Kier molecular flexibility index (Phi) is 4.37. The fraction of sp³-hybridized carbons (Fsp3) is 0.474. The number of hydrogen-bond donors (Lipinski definition) is 2. The van der Waals surface area contributed by atoms with Crippen molar-refractivity contribution in [2.24, 2.45) is 0 Å². The Morgan fingerprint density at radius 2 is 2.12 bits per heavy atom. The first-order valence-electron chi connectivity index (χ1n) is 8.72. The maximum Gasteiger partial charge on any atom is 0.226 e. The second-order valence-electron chi connectivity index (χ2n) is 7.06. The molecule has 2 aromatic rings. The highest BCUT2D eigenvalue weighted by Gasteiger charge is 2.33. The molecule has 24 heavy (non-hydrogen) atoms. The quantitative estimate of drug-likeness (QED) is 0.899. The van der Waals surface area contributed by atoms with Crippen LogP contribution in [0.1, 0.15) is 36.9 Å². The molecule has 1 amide bonds. The van der Waals surface area contributed by atoms with E-state index in [1.807, 2.05) is 11.4 Å². The first kappa shape index (κ1) is 15.8. The van der Waals surface area contributed by atoms with E-state index in [0.29, 0.717) is 24.5 Å². The number of piperidine rings is 1. The molecule has 2 fully saturated rings. The molecule has 2 bridgehead atoms. The average molecular weight is 341 g/mol. The second-order valence-corrected chi connectivity index (χ2v) is 7.92. The van der Waals surface area contributed by atoms with E-state index in [1.165, 1.54) is 18.4 Å². The Balaban J connectivity index is 1.36. The number of fused-ring (bicyclic) bond motifs is 2. The van der Waals surface area contributed by atoms with E-state index in [0.717, 1.165) is 29.1 Å². The number of thiazole rings is 1. The van der Waals surface area contributed by atoms with E-state index in [2.05, 4.69) is 40.7 Å². The van der Waals surface area contributed by atoms with Crippen molar-refractivity contribution < 1.29 is 4.79 Å². The number of hydrogen-bond acceptors (Lipinski definition) is 4. The van der Waals surface area contributed by atoms with Crippen LogP contribution in [0.4, 0.5) is 0 Å². The predicted molar refractivity (Wildman–Crippen MR) is 97.1 cm³/mol. The van der Waals surface area contributed by atoms with Gasteiger partial charge < -0.3 is 10.6 Å². The number of amides is 1. The van der Waals surface area contributed by atoms with Gasteiger partial charge in [-0.25, -0.2) is 4.98 Å². The third-order valence-electron chi connectivity index (χ3n) is 5.00. The number of carbonyl (C=O) groups excluding carboxylic acids is 1. The summed E-state index contributed by atoms with van der Waals surface area (Å²) >= 11 is 1.61. The first-order valence-corrected chi connectivity index (χ1v) is 9.60. The van der Waals surface area contributed by atoms with Gasteiger partial charge in [0.05, 0.1) is 12.1 Å². The van der Waals surface area contributed by atoms with Gasteiger partial charge in [-0.1, -0.05) is 23.8 Å². The number of nitrogens with one attached hydrogen (secondary N) is 2. The standard InChI is InChI=1S/C19H23N3OS/c1-12-3-2-4-13(7-12)19-22-17(11-24-19)10-18(23)21-16-8-14-5-6-15(9-16)20-14/h2-4,7,11,14-16,20H,5-6,8-10H2,1H3,(H,21,23). The molecule has 3 heterocycles. The number of benzene rings is 1. The maximum absolute atomic E-state index is 12.3. The third kappa shape index (κ3) is 3.52. The summed E-state index contributed by atoms with van der Waals surface area (Å²) in [7, 11) is 0. The lowest BCUT2D eigenvalue weighted by molar-refractivity contribution is -0.121. The van der Waals surface area contributed by atoms with Gasteiger partial charge in [0.2, 0.25) is 5.91 Å². The number of aromatic nitrogens is 1. The van der Waals surface area contributed by atoms with Crippen LogP contribution in [-0.2, 0) is 11.2 Å². The molecular weight excluding hydrogens is 318 g/mol. The molecule has 2 unspecified atom stereocenters. The number of carbonyl (C=O) groups is 1. The van der Waals surface area contributed by atoms with E-state index < -0.39 is 0 Å². The summed E-state index contributed by atoms with van der Waals surface area (Å²) in [6.07, 6.45) is 5.01. The molecule has 2 aliphatic rings. The van der Waals surface area contributed by atoms with Crippen molar-refractivity contribution in [1.29, 1.82) is 0 Å². The van der Waals surface area contributed by atoms with Crippen LogP contribution in [0.25, 0.3) is 10.6 Å². The normalized spacial score (nSPS) is 25.6. The van der Waals surface area contributed by atoms with Crippen LogP contribution >= 0.6 is 11.3 Å². The van der Waals surface area contributed by atoms with Gasteiger partial charge in [-0.15, -0.1) is 11.3 Å². The van der Waals surface area contributed by atoms with Crippen molar-refractivity contribution in [1.82, 2.24) is 15.6 Å². The lowest BCUT2D eigenvalue weighted by Crippen LogP contribution is -2.48. The van der Waals surface area contributed by atoms with Gasteiger partial charge in [0.15, 0.2) is 0 Å². The molecule has 0 aliphatic carbocycles. The van der Waals surface area contributed by atoms with Crippen molar-refractivity contribution in [3.8, 4) is 10.6 Å². The van der Waals surface area contributed by atoms with Gasteiger partial charge in [-0.2, -0.15) is 0 Å². The van der Waals surface area contributed by atoms with Crippen LogP contribution in [0.15, 0.2) is 29.6 Å². The fourth-order valence-electron chi connectivity index (χ4n) is 3.92. The average Bonchev–Trinajstić information content (AvgIpc) is 3.14. The predicted octanol–water partition coefficient (Wildman–Crippen LogP) is 3.06. The minimum Gasteiger partial charge on any atom is -0.353 e. The largest absolute Gasteiger partial charge is 0.353 e. The molecule has 2 aliphatic heterocycles. The van der Waals surface area contributed by atoms with E-state index in [-0.39, 0.29) is 5.91 Å². The van der Waals surface area contributed by atoms with Gasteiger partial charge in [-0.05, 0) is 38.7 Å². The van der Waals surface area contributed by atoms with Gasteiger partial charge >= 0.3 is 0 Å². The van der Waals surface area contributed by atoms with E-state index >= 15 is 0 Å². The summed E-state index contributed by atoms with van der Waals surface area (Å²) in [6, 6.07) is 9.85. The molecule has 1 aromatic carbocycles. The highest BCUT2D eigenvalue weighted by molar-refractivity contribution is 7.13. The minimum atomic E-state index is 0.0994. The van der Waals surface area contributed by atoms with Crippen LogP contribution in [-0.4, -0.2) is 29.0 Å². The van der Waals surface area contributed by atoms with Gasteiger partial charge in [0.1, 0.15) is 5.01 Å². The van der Waals surface area contributed by atoms with Crippen molar-refractivity contribution in [2.75, 3.05) is 0 Å². The highest BCUT2D eigenvalue weighted by atomic mass is 32.1. The lowest BCUT2D eigenvalue weighted by atomic mass is 9.99. The maximum atomic E-state index is 12.3. The van der Waals surface area contributed by atoms with Crippen LogP contribution in [0.5, 0.6) is 0 Å². The zero-order valence-electron chi connectivity index (χ0n) is 13.9. The van der Waals surface area contributed by atoms with Gasteiger partial charge in [0, 0.05) is 29.1 Å². The van der Waals surface area contributed by atoms with Crippen molar-refractivity contribution >= 4 is 17.2 Å². The monoisotopic (exact) mass is 341 g/mol. The molecule has 2 saturated heterocycles. The molecule has 0 spiro atoms.